The van der Waals surface area contributed by atoms with Gasteiger partial charge in [0.05, 0.1) is 11.6 Å². The Morgan fingerprint density at radius 1 is 1.05 bits per heavy atom. The van der Waals surface area contributed by atoms with Crippen molar-refractivity contribution in [1.29, 1.82) is 0 Å². The minimum Gasteiger partial charge on any atom is -0.378 e. The molecule has 0 radical (unpaired) electrons. The topological polar surface area (TPSA) is 12.0 Å². The minimum atomic E-state index is -4.34. The zero-order chi connectivity index (χ0) is 14.3. The molecule has 0 saturated carbocycles. The van der Waals surface area contributed by atoms with Gasteiger partial charge in [0.25, 0.3) is 0 Å². The van der Waals surface area contributed by atoms with Gasteiger partial charge in [-0.25, -0.2) is 4.39 Å². The van der Waals surface area contributed by atoms with Crippen LogP contribution in [-0.2, 0) is 12.6 Å². The first-order valence-electron chi connectivity index (χ1n) is 6.15. The third kappa shape index (κ3) is 2.35. The second-order valence-electron chi connectivity index (χ2n) is 4.83. The van der Waals surface area contributed by atoms with Crippen molar-refractivity contribution in [2.24, 2.45) is 0 Å². The van der Waals surface area contributed by atoms with Gasteiger partial charge in [-0.1, -0.05) is 12.1 Å². The van der Waals surface area contributed by atoms with Gasteiger partial charge in [0.2, 0.25) is 0 Å². The third-order valence-corrected chi connectivity index (χ3v) is 3.44. The Labute approximate surface area is 113 Å². The molecular formula is C15H11F4N. The van der Waals surface area contributed by atoms with Crippen LogP contribution in [0.4, 0.5) is 23.2 Å². The highest BCUT2D eigenvalue weighted by Crippen LogP contribution is 2.38. The number of fused-ring (bicyclic) bond motifs is 1. The zero-order valence-electron chi connectivity index (χ0n) is 10.3. The first-order chi connectivity index (χ1) is 9.43. The molecule has 1 N–H and O–H groups in total. The molecule has 0 aromatic heterocycles. The van der Waals surface area contributed by atoms with Gasteiger partial charge in [-0.15, -0.1) is 0 Å². The highest BCUT2D eigenvalue weighted by Gasteiger charge is 2.32. The number of benzene rings is 2. The third-order valence-electron chi connectivity index (χ3n) is 3.44. The first kappa shape index (κ1) is 13.0. The van der Waals surface area contributed by atoms with Crippen molar-refractivity contribution < 1.29 is 17.6 Å². The molecule has 1 aliphatic rings. The molecule has 3 rings (SSSR count). The summed E-state index contributed by atoms with van der Waals surface area (Å²) in [7, 11) is 0. The van der Waals surface area contributed by atoms with E-state index >= 15 is 0 Å². The quantitative estimate of drug-likeness (QED) is 0.756. The summed E-state index contributed by atoms with van der Waals surface area (Å²) in [6.45, 7) is 0. The lowest BCUT2D eigenvalue weighted by molar-refractivity contribution is -0.137. The lowest BCUT2D eigenvalue weighted by atomic mass is 10.0. The van der Waals surface area contributed by atoms with E-state index in [1.54, 1.807) is 12.1 Å². The van der Waals surface area contributed by atoms with Crippen molar-refractivity contribution in [3.8, 4) is 0 Å². The van der Waals surface area contributed by atoms with Gasteiger partial charge in [-0.2, -0.15) is 13.2 Å². The van der Waals surface area contributed by atoms with Gasteiger partial charge in [0.15, 0.2) is 0 Å². The van der Waals surface area contributed by atoms with Crippen LogP contribution in [0.25, 0.3) is 0 Å². The normalized spacial score (nSPS) is 17.7. The van der Waals surface area contributed by atoms with Gasteiger partial charge in [-0.3, -0.25) is 0 Å². The Kier molecular flexibility index (Phi) is 2.92. The van der Waals surface area contributed by atoms with Gasteiger partial charge in [0, 0.05) is 5.69 Å². The maximum atomic E-state index is 13.2. The predicted octanol–water partition coefficient (Wildman–Crippen LogP) is 4.55. The molecule has 1 nitrogen and oxygen atoms in total. The monoisotopic (exact) mass is 281 g/mol. The fraction of sp³-hybridized carbons (Fsp3) is 0.200. The molecule has 0 spiro atoms. The molecule has 20 heavy (non-hydrogen) atoms. The van der Waals surface area contributed by atoms with Crippen LogP contribution in [0.3, 0.4) is 0 Å². The molecule has 1 unspecified atom stereocenters. The summed E-state index contributed by atoms with van der Waals surface area (Å²) in [6.07, 6.45) is -3.92. The lowest BCUT2D eigenvalue weighted by Crippen LogP contribution is -2.05. The largest absolute Gasteiger partial charge is 0.416 e. The van der Waals surface area contributed by atoms with Crippen LogP contribution in [-0.4, -0.2) is 0 Å². The Morgan fingerprint density at radius 2 is 1.85 bits per heavy atom. The number of anilines is 1. The molecule has 0 bridgehead atoms. The van der Waals surface area contributed by atoms with Gasteiger partial charge in [-0.05, 0) is 47.9 Å². The summed E-state index contributed by atoms with van der Waals surface area (Å²) in [5.41, 5.74) is 1.36. The Balaban J connectivity index is 1.89. The maximum absolute atomic E-state index is 13.2. The fourth-order valence-electron chi connectivity index (χ4n) is 2.46. The molecule has 0 fully saturated rings. The van der Waals surface area contributed by atoms with E-state index in [0.29, 0.717) is 17.7 Å². The molecule has 2 aromatic carbocycles. The standard InChI is InChI=1S/C15H11F4N/c16-12-3-1-2-9(7-12)14-8-10-6-11(15(17,18)19)4-5-13(10)20-14/h1-7,14,20H,8H2. The van der Waals surface area contributed by atoms with Crippen LogP contribution in [0.15, 0.2) is 42.5 Å². The van der Waals surface area contributed by atoms with E-state index in [0.717, 1.165) is 17.7 Å². The van der Waals surface area contributed by atoms with Crippen molar-refractivity contribution in [2.45, 2.75) is 18.6 Å². The molecule has 0 amide bonds. The van der Waals surface area contributed by atoms with Crippen molar-refractivity contribution in [3.05, 3.63) is 65.0 Å². The Hall–Kier alpha value is -2.04. The van der Waals surface area contributed by atoms with Crippen LogP contribution >= 0.6 is 0 Å². The van der Waals surface area contributed by atoms with E-state index < -0.39 is 11.7 Å². The van der Waals surface area contributed by atoms with Crippen molar-refractivity contribution in [2.75, 3.05) is 5.32 Å². The number of hydrogen-bond acceptors (Lipinski definition) is 1. The molecule has 5 heteroatoms. The Morgan fingerprint density at radius 3 is 2.55 bits per heavy atom. The lowest BCUT2D eigenvalue weighted by Gasteiger charge is -2.11. The number of nitrogens with one attached hydrogen (secondary N) is 1. The summed E-state index contributed by atoms with van der Waals surface area (Å²) in [5.74, 6) is -0.351. The average molecular weight is 281 g/mol. The van der Waals surface area contributed by atoms with E-state index in [2.05, 4.69) is 5.32 Å². The number of halogens is 4. The van der Waals surface area contributed by atoms with Gasteiger partial charge >= 0.3 is 6.18 Å². The smallest absolute Gasteiger partial charge is 0.378 e. The SMILES string of the molecule is Fc1cccc(C2Cc3cc(C(F)(F)F)ccc3N2)c1. The van der Waals surface area contributed by atoms with Crippen molar-refractivity contribution >= 4 is 5.69 Å². The summed E-state index contributed by atoms with van der Waals surface area (Å²) in [5, 5.41) is 3.12. The average Bonchev–Trinajstić information content (AvgIpc) is 2.80. The van der Waals surface area contributed by atoms with E-state index in [1.165, 1.54) is 18.2 Å². The second kappa shape index (κ2) is 4.51. The van der Waals surface area contributed by atoms with E-state index in [1.807, 2.05) is 0 Å². The highest BCUT2D eigenvalue weighted by molar-refractivity contribution is 5.59. The van der Waals surface area contributed by atoms with Crippen LogP contribution in [0, 0.1) is 5.82 Å². The summed E-state index contributed by atoms with van der Waals surface area (Å²) < 4.78 is 51.2. The summed E-state index contributed by atoms with van der Waals surface area (Å²) >= 11 is 0. The molecule has 1 aliphatic heterocycles. The van der Waals surface area contributed by atoms with Crippen LogP contribution in [0.2, 0.25) is 0 Å². The van der Waals surface area contributed by atoms with Gasteiger partial charge in [0.1, 0.15) is 5.82 Å². The fourth-order valence-corrected chi connectivity index (χ4v) is 2.46. The first-order valence-corrected chi connectivity index (χ1v) is 6.15. The van der Waals surface area contributed by atoms with Crippen LogP contribution < -0.4 is 5.32 Å². The molecule has 0 saturated heterocycles. The van der Waals surface area contributed by atoms with Gasteiger partial charge < -0.3 is 5.32 Å². The molecule has 0 aliphatic carbocycles. The second-order valence-corrected chi connectivity index (χ2v) is 4.83. The van der Waals surface area contributed by atoms with E-state index in [-0.39, 0.29) is 11.9 Å². The minimum absolute atomic E-state index is 0.191. The molecule has 1 atom stereocenters. The number of hydrogen-bond donors (Lipinski definition) is 1. The number of rotatable bonds is 1. The van der Waals surface area contributed by atoms with E-state index in [9.17, 15) is 17.6 Å². The Bertz CT molecular complexity index is 649. The van der Waals surface area contributed by atoms with Crippen molar-refractivity contribution in [3.63, 3.8) is 0 Å². The zero-order valence-corrected chi connectivity index (χ0v) is 10.3. The van der Waals surface area contributed by atoms with Crippen LogP contribution in [0.1, 0.15) is 22.7 Å². The predicted molar refractivity (Wildman–Crippen MR) is 67.9 cm³/mol. The maximum Gasteiger partial charge on any atom is 0.416 e. The summed E-state index contributed by atoms with van der Waals surface area (Å²) in [4.78, 5) is 0. The number of alkyl halides is 3. The highest BCUT2D eigenvalue weighted by atomic mass is 19.4. The summed E-state index contributed by atoms with van der Waals surface area (Å²) in [6, 6.07) is 9.54. The molecule has 104 valence electrons. The molecule has 2 aromatic rings. The molecular weight excluding hydrogens is 270 g/mol. The van der Waals surface area contributed by atoms with Crippen molar-refractivity contribution in [1.82, 2.24) is 0 Å². The van der Waals surface area contributed by atoms with Crippen LogP contribution in [0.5, 0.6) is 0 Å². The van der Waals surface area contributed by atoms with E-state index in [4.69, 9.17) is 0 Å². The molecule has 1 heterocycles.